The van der Waals surface area contributed by atoms with Crippen LogP contribution in [0.5, 0.6) is 5.88 Å². The molecule has 0 N–H and O–H groups in total. The van der Waals surface area contributed by atoms with Gasteiger partial charge in [0.2, 0.25) is 5.88 Å². The summed E-state index contributed by atoms with van der Waals surface area (Å²) >= 11 is 0. The monoisotopic (exact) mass is 300 g/mol. The van der Waals surface area contributed by atoms with E-state index in [0.29, 0.717) is 5.88 Å². The summed E-state index contributed by atoms with van der Waals surface area (Å²) in [4.78, 5) is 9.75. The van der Waals surface area contributed by atoms with Gasteiger partial charge in [-0.3, -0.25) is 0 Å². The number of hydrogen-bond donors (Lipinski definition) is 0. The molecule has 1 heterocycles. The molecule has 0 aliphatic carbocycles. The van der Waals surface area contributed by atoms with Crippen LogP contribution in [0.1, 0.15) is 66.6 Å². The van der Waals surface area contributed by atoms with Crippen LogP contribution >= 0.6 is 0 Å². The zero-order chi connectivity index (χ0) is 16.7. The average molecular weight is 300 g/mol. The highest BCUT2D eigenvalue weighted by Crippen LogP contribution is 2.34. The molecule has 120 valence electrons. The number of hydrogen-bond acceptors (Lipinski definition) is 3. The molecule has 0 fully saturated rings. The van der Waals surface area contributed by atoms with Crippen molar-refractivity contribution in [3.05, 3.63) is 29.5 Å². The lowest BCUT2D eigenvalue weighted by Crippen LogP contribution is -2.20. The summed E-state index contributed by atoms with van der Waals surface area (Å²) in [5.74, 6) is 0.659. The fourth-order valence-corrected chi connectivity index (χ4v) is 2.46. The first kappa shape index (κ1) is 16.7. The van der Waals surface area contributed by atoms with E-state index in [1.54, 1.807) is 0 Å². The Hall–Kier alpha value is -1.64. The van der Waals surface area contributed by atoms with Crippen molar-refractivity contribution in [1.29, 1.82) is 0 Å². The van der Waals surface area contributed by atoms with E-state index >= 15 is 0 Å². The van der Waals surface area contributed by atoms with Crippen molar-refractivity contribution < 1.29 is 4.74 Å². The number of aromatic nitrogens is 2. The van der Waals surface area contributed by atoms with Gasteiger partial charge in [-0.05, 0) is 30.9 Å². The lowest BCUT2D eigenvalue weighted by atomic mass is 9.85. The topological polar surface area (TPSA) is 35.0 Å². The lowest BCUT2D eigenvalue weighted by Gasteiger charge is -2.25. The molecule has 0 bridgehead atoms. The van der Waals surface area contributed by atoms with Gasteiger partial charge in [-0.1, -0.05) is 53.7 Å². The Morgan fingerprint density at radius 3 is 2.05 bits per heavy atom. The first-order chi connectivity index (χ1) is 10.00. The molecule has 0 aliphatic rings. The minimum atomic E-state index is -0.108. The number of rotatable bonds is 2. The Bertz CT molecular complexity index is 676. The summed E-state index contributed by atoms with van der Waals surface area (Å²) < 4.78 is 5.97. The van der Waals surface area contributed by atoms with Crippen LogP contribution in [0.2, 0.25) is 0 Å². The SMILES string of the molecule is CC(C)Oc1nc2c(C(C)(C)C)cccc2nc1C(C)(C)C. The van der Waals surface area contributed by atoms with Crippen molar-refractivity contribution in [2.24, 2.45) is 0 Å². The molecule has 0 radical (unpaired) electrons. The van der Waals surface area contributed by atoms with Crippen molar-refractivity contribution in [2.45, 2.75) is 72.3 Å². The van der Waals surface area contributed by atoms with Gasteiger partial charge in [0.1, 0.15) is 5.69 Å². The predicted molar refractivity (Wildman–Crippen MR) is 92.7 cm³/mol. The maximum absolute atomic E-state index is 5.97. The van der Waals surface area contributed by atoms with Gasteiger partial charge in [0.15, 0.2) is 0 Å². The van der Waals surface area contributed by atoms with Gasteiger partial charge >= 0.3 is 0 Å². The molecule has 0 aliphatic heterocycles. The molecule has 0 saturated carbocycles. The Labute approximate surface area is 134 Å². The zero-order valence-electron chi connectivity index (χ0n) is 15.1. The van der Waals surface area contributed by atoms with Gasteiger partial charge in [0, 0.05) is 5.41 Å². The van der Waals surface area contributed by atoms with Crippen molar-refractivity contribution in [3.63, 3.8) is 0 Å². The summed E-state index contributed by atoms with van der Waals surface area (Å²) in [6, 6.07) is 6.23. The number of fused-ring (bicyclic) bond motifs is 1. The van der Waals surface area contributed by atoms with Crippen LogP contribution in [0.3, 0.4) is 0 Å². The third-order valence-electron chi connectivity index (χ3n) is 3.53. The predicted octanol–water partition coefficient (Wildman–Crippen LogP) is 5.01. The molecule has 1 aromatic carbocycles. The molecule has 1 aromatic heterocycles. The second-order valence-electron chi connectivity index (χ2n) is 8.22. The van der Waals surface area contributed by atoms with E-state index in [0.717, 1.165) is 16.7 Å². The molecular weight excluding hydrogens is 272 g/mol. The second kappa shape index (κ2) is 5.53. The summed E-state index contributed by atoms with van der Waals surface area (Å²) in [5, 5.41) is 0. The number of benzene rings is 1. The smallest absolute Gasteiger partial charge is 0.237 e. The van der Waals surface area contributed by atoms with Crippen LogP contribution in [0.4, 0.5) is 0 Å². The van der Waals surface area contributed by atoms with Crippen molar-refractivity contribution in [3.8, 4) is 5.88 Å². The molecule has 3 heteroatoms. The molecule has 0 amide bonds. The summed E-state index contributed by atoms with van der Waals surface area (Å²) in [6.45, 7) is 17.1. The van der Waals surface area contributed by atoms with E-state index in [1.165, 1.54) is 5.56 Å². The first-order valence-electron chi connectivity index (χ1n) is 7.98. The maximum atomic E-state index is 5.97. The molecule has 0 saturated heterocycles. The maximum Gasteiger partial charge on any atom is 0.237 e. The summed E-state index contributed by atoms with van der Waals surface area (Å²) in [6.07, 6.45) is 0.0784. The fraction of sp³-hybridized carbons (Fsp3) is 0.579. The van der Waals surface area contributed by atoms with Crippen LogP contribution in [-0.2, 0) is 10.8 Å². The van der Waals surface area contributed by atoms with E-state index in [1.807, 2.05) is 19.9 Å². The zero-order valence-corrected chi connectivity index (χ0v) is 15.1. The lowest BCUT2D eigenvalue weighted by molar-refractivity contribution is 0.225. The number of para-hydroxylation sites is 1. The highest BCUT2D eigenvalue weighted by molar-refractivity contribution is 5.80. The van der Waals surface area contributed by atoms with Gasteiger partial charge in [-0.2, -0.15) is 0 Å². The standard InChI is InChI=1S/C19H28N2O/c1-12(2)22-17-16(19(6,7)8)20-14-11-9-10-13(15(14)21-17)18(3,4)5/h9-12H,1-8H3. The Balaban J connectivity index is 2.78. The molecule has 2 aromatic rings. The van der Waals surface area contributed by atoms with Gasteiger partial charge in [-0.15, -0.1) is 0 Å². The first-order valence-corrected chi connectivity index (χ1v) is 7.98. The molecule has 0 atom stereocenters. The Morgan fingerprint density at radius 2 is 1.55 bits per heavy atom. The van der Waals surface area contributed by atoms with Crippen molar-refractivity contribution >= 4 is 11.0 Å². The van der Waals surface area contributed by atoms with E-state index in [2.05, 4.69) is 53.7 Å². The summed E-state index contributed by atoms with van der Waals surface area (Å²) in [5.41, 5.74) is 3.91. The van der Waals surface area contributed by atoms with Crippen LogP contribution in [0, 0.1) is 0 Å². The fourth-order valence-electron chi connectivity index (χ4n) is 2.46. The second-order valence-corrected chi connectivity index (χ2v) is 8.22. The van der Waals surface area contributed by atoms with E-state index < -0.39 is 0 Å². The summed E-state index contributed by atoms with van der Waals surface area (Å²) in [7, 11) is 0. The highest BCUT2D eigenvalue weighted by atomic mass is 16.5. The Kier molecular flexibility index (Phi) is 4.20. The minimum Gasteiger partial charge on any atom is -0.474 e. The van der Waals surface area contributed by atoms with Gasteiger partial charge < -0.3 is 4.74 Å². The van der Waals surface area contributed by atoms with Crippen LogP contribution in [0.25, 0.3) is 11.0 Å². The molecule has 22 heavy (non-hydrogen) atoms. The Morgan fingerprint density at radius 1 is 0.909 bits per heavy atom. The quantitative estimate of drug-likeness (QED) is 0.781. The van der Waals surface area contributed by atoms with Gasteiger partial charge in [-0.25, -0.2) is 9.97 Å². The molecule has 3 nitrogen and oxygen atoms in total. The van der Waals surface area contributed by atoms with Gasteiger partial charge in [0.25, 0.3) is 0 Å². The largest absolute Gasteiger partial charge is 0.474 e. The minimum absolute atomic E-state index is 0.0204. The molecule has 2 rings (SSSR count). The number of nitrogens with zero attached hydrogens (tertiary/aromatic N) is 2. The molecular formula is C19H28N2O. The normalized spacial score (nSPS) is 13.0. The van der Waals surface area contributed by atoms with E-state index in [-0.39, 0.29) is 16.9 Å². The van der Waals surface area contributed by atoms with Gasteiger partial charge in [0.05, 0.1) is 17.1 Å². The third kappa shape index (κ3) is 3.40. The van der Waals surface area contributed by atoms with Crippen molar-refractivity contribution in [2.75, 3.05) is 0 Å². The van der Waals surface area contributed by atoms with Crippen LogP contribution in [-0.4, -0.2) is 16.1 Å². The molecule has 0 unspecified atom stereocenters. The third-order valence-corrected chi connectivity index (χ3v) is 3.53. The van der Waals surface area contributed by atoms with Crippen LogP contribution < -0.4 is 4.74 Å². The van der Waals surface area contributed by atoms with E-state index in [4.69, 9.17) is 14.7 Å². The average Bonchev–Trinajstić information content (AvgIpc) is 2.34. The van der Waals surface area contributed by atoms with Crippen molar-refractivity contribution in [1.82, 2.24) is 9.97 Å². The van der Waals surface area contributed by atoms with Crippen LogP contribution in [0.15, 0.2) is 18.2 Å². The van der Waals surface area contributed by atoms with E-state index in [9.17, 15) is 0 Å². The number of ether oxygens (including phenoxy) is 1. The molecule has 0 spiro atoms. The highest BCUT2D eigenvalue weighted by Gasteiger charge is 2.26.